The van der Waals surface area contributed by atoms with Gasteiger partial charge in [-0.15, -0.1) is 11.3 Å². The number of anilines is 1. The summed E-state index contributed by atoms with van der Waals surface area (Å²) in [6, 6.07) is 2.98. The molecule has 0 spiro atoms. The smallest absolute Gasteiger partial charge is 0.152 e. The fourth-order valence-corrected chi connectivity index (χ4v) is 7.19. The number of likely N-dealkylation sites (tertiary alicyclic amines) is 2. The van der Waals surface area contributed by atoms with Gasteiger partial charge in [-0.1, -0.05) is 13.3 Å². The molecule has 0 amide bonds. The second-order valence-corrected chi connectivity index (χ2v) is 12.0. The van der Waals surface area contributed by atoms with Crippen LogP contribution in [0.15, 0.2) is 6.07 Å². The summed E-state index contributed by atoms with van der Waals surface area (Å²) in [6.45, 7) is 12.7. The summed E-state index contributed by atoms with van der Waals surface area (Å²) >= 11 is 1.96. The molecule has 2 N–H and O–H groups in total. The number of unbranched alkanes of at least 4 members (excludes halogenated alkanes) is 1. The van der Waals surface area contributed by atoms with E-state index in [1.807, 2.05) is 11.3 Å². The van der Waals surface area contributed by atoms with Crippen molar-refractivity contribution in [3.05, 3.63) is 16.8 Å². The molecule has 7 heteroatoms. The molecule has 3 aromatic heterocycles. The van der Waals surface area contributed by atoms with Crippen LogP contribution in [0.25, 0.3) is 21.3 Å². The monoisotopic (exact) mass is 482 g/mol. The Hall–Kier alpha value is -1.70. The van der Waals surface area contributed by atoms with Crippen LogP contribution in [0.2, 0.25) is 0 Å². The molecule has 0 unspecified atom stereocenters. The zero-order valence-electron chi connectivity index (χ0n) is 21.5. The van der Waals surface area contributed by atoms with Gasteiger partial charge in [-0.05, 0) is 97.1 Å². The minimum Gasteiger partial charge on any atom is -0.382 e. The Morgan fingerprint density at radius 2 is 1.82 bits per heavy atom. The highest BCUT2D eigenvalue weighted by molar-refractivity contribution is 7.20. The molecule has 5 rings (SSSR count). The van der Waals surface area contributed by atoms with Gasteiger partial charge in [-0.2, -0.15) is 0 Å². The molecule has 6 nitrogen and oxygen atoms in total. The van der Waals surface area contributed by atoms with E-state index in [-0.39, 0.29) is 0 Å². The summed E-state index contributed by atoms with van der Waals surface area (Å²) in [4.78, 5) is 16.5. The van der Waals surface area contributed by atoms with Crippen LogP contribution in [0.4, 0.5) is 5.82 Å². The second-order valence-electron chi connectivity index (χ2n) is 11.0. The third-order valence-corrected chi connectivity index (χ3v) is 9.47. The largest absolute Gasteiger partial charge is 0.382 e. The highest BCUT2D eigenvalue weighted by Gasteiger charge is 2.27. The van der Waals surface area contributed by atoms with Crippen molar-refractivity contribution in [1.29, 1.82) is 0 Å². The zero-order valence-corrected chi connectivity index (χ0v) is 22.3. The number of piperidine rings is 2. The number of nitrogen functional groups attached to an aromatic ring is 1. The van der Waals surface area contributed by atoms with Crippen molar-refractivity contribution < 1.29 is 0 Å². The Morgan fingerprint density at radius 1 is 1.09 bits per heavy atom. The van der Waals surface area contributed by atoms with E-state index in [1.165, 1.54) is 79.2 Å². The molecule has 2 saturated heterocycles. The Labute approximate surface area is 208 Å². The van der Waals surface area contributed by atoms with Gasteiger partial charge in [0.05, 0.1) is 15.7 Å². The van der Waals surface area contributed by atoms with E-state index in [0.717, 1.165) is 30.4 Å². The van der Waals surface area contributed by atoms with Crippen molar-refractivity contribution in [3.63, 3.8) is 0 Å². The summed E-state index contributed by atoms with van der Waals surface area (Å²) in [5, 5.41) is 0. The van der Waals surface area contributed by atoms with E-state index < -0.39 is 0 Å². The highest BCUT2D eigenvalue weighted by Crippen LogP contribution is 2.40. The predicted molar refractivity (Wildman–Crippen MR) is 145 cm³/mol. The van der Waals surface area contributed by atoms with Gasteiger partial charge in [0.2, 0.25) is 0 Å². The number of thiophene rings is 1. The maximum atomic E-state index is 6.53. The van der Waals surface area contributed by atoms with Gasteiger partial charge in [0.1, 0.15) is 11.3 Å². The van der Waals surface area contributed by atoms with Gasteiger partial charge in [0.15, 0.2) is 5.82 Å². The van der Waals surface area contributed by atoms with Crippen LogP contribution in [0, 0.1) is 5.92 Å². The molecule has 186 valence electrons. The molecule has 2 aliphatic heterocycles. The van der Waals surface area contributed by atoms with Crippen molar-refractivity contribution >= 4 is 38.4 Å². The first-order valence-corrected chi connectivity index (χ1v) is 14.3. The second kappa shape index (κ2) is 10.1. The number of nitrogens with zero attached hydrogens (tertiary/aromatic N) is 5. The summed E-state index contributed by atoms with van der Waals surface area (Å²) < 4.78 is 3.84. The van der Waals surface area contributed by atoms with Gasteiger partial charge in [0.25, 0.3) is 0 Å². The average Bonchev–Trinajstić information content (AvgIpc) is 3.41. The standard InChI is InChI=1S/C27H42N6S/c1-5-6-7-23-30-24-25(33(23)17-19-8-12-31(4)13-9-19)26-21(29-27(24)28)16-22(34-26)20-10-14-32(15-11-20)18(2)3/h16,18-20H,5-15,17H2,1-4H3,(H2,28,29). The fraction of sp³-hybridized carbons (Fsp3) is 0.704. The molecule has 0 saturated carbocycles. The van der Waals surface area contributed by atoms with Gasteiger partial charge in [-0.3, -0.25) is 0 Å². The van der Waals surface area contributed by atoms with Crippen LogP contribution in [0.5, 0.6) is 0 Å². The minimum atomic E-state index is 0.598. The van der Waals surface area contributed by atoms with Crippen molar-refractivity contribution in [1.82, 2.24) is 24.3 Å². The van der Waals surface area contributed by atoms with Crippen molar-refractivity contribution in [2.45, 2.75) is 84.2 Å². The molecule has 2 fully saturated rings. The first-order chi connectivity index (χ1) is 16.4. The SMILES string of the molecule is CCCCc1nc2c(N)nc3cc(C4CCN(C(C)C)CC4)sc3c2n1CC1CCN(C)CC1. The van der Waals surface area contributed by atoms with E-state index in [4.69, 9.17) is 15.7 Å². The summed E-state index contributed by atoms with van der Waals surface area (Å²) in [7, 11) is 2.24. The number of hydrogen-bond acceptors (Lipinski definition) is 6. The third kappa shape index (κ3) is 4.71. The van der Waals surface area contributed by atoms with Crippen LogP contribution in [0.1, 0.15) is 75.9 Å². The quantitative estimate of drug-likeness (QED) is 0.482. The first kappa shape index (κ1) is 24.0. The maximum Gasteiger partial charge on any atom is 0.152 e. The molecule has 2 aliphatic rings. The highest BCUT2D eigenvalue weighted by atomic mass is 32.1. The number of hydrogen-bond donors (Lipinski definition) is 1. The van der Waals surface area contributed by atoms with Crippen molar-refractivity contribution in [2.75, 3.05) is 39.0 Å². The number of pyridine rings is 1. The molecule has 0 atom stereocenters. The summed E-state index contributed by atoms with van der Waals surface area (Å²) in [5.74, 6) is 3.15. The molecule has 3 aromatic rings. The normalized spacial score (nSPS) is 19.8. The number of fused-ring (bicyclic) bond motifs is 3. The average molecular weight is 483 g/mol. The number of imidazole rings is 1. The number of aryl methyl sites for hydroxylation is 1. The lowest BCUT2D eigenvalue weighted by Gasteiger charge is -2.34. The van der Waals surface area contributed by atoms with E-state index in [0.29, 0.717) is 23.7 Å². The van der Waals surface area contributed by atoms with E-state index in [2.05, 4.69) is 48.3 Å². The summed E-state index contributed by atoms with van der Waals surface area (Å²) in [5.41, 5.74) is 9.78. The van der Waals surface area contributed by atoms with Crippen LogP contribution < -0.4 is 5.73 Å². The molecule has 5 heterocycles. The molecular formula is C27H42N6S. The van der Waals surface area contributed by atoms with Crippen LogP contribution in [0.3, 0.4) is 0 Å². The molecule has 0 bridgehead atoms. The lowest BCUT2D eigenvalue weighted by Crippen LogP contribution is -2.37. The number of nitrogens with two attached hydrogens (primary N) is 1. The van der Waals surface area contributed by atoms with Gasteiger partial charge >= 0.3 is 0 Å². The summed E-state index contributed by atoms with van der Waals surface area (Å²) in [6.07, 6.45) is 8.36. The van der Waals surface area contributed by atoms with Crippen LogP contribution in [-0.2, 0) is 13.0 Å². The molecule has 0 aliphatic carbocycles. The van der Waals surface area contributed by atoms with Crippen LogP contribution >= 0.6 is 11.3 Å². The lowest BCUT2D eigenvalue weighted by molar-refractivity contribution is 0.173. The third-order valence-electron chi connectivity index (χ3n) is 8.17. The molecular weight excluding hydrogens is 440 g/mol. The first-order valence-electron chi connectivity index (χ1n) is 13.4. The Bertz CT molecular complexity index is 1120. The van der Waals surface area contributed by atoms with Crippen molar-refractivity contribution in [2.24, 2.45) is 5.92 Å². The molecule has 0 radical (unpaired) electrons. The number of aromatic nitrogens is 3. The van der Waals surface area contributed by atoms with Gasteiger partial charge < -0.3 is 20.1 Å². The minimum absolute atomic E-state index is 0.598. The Morgan fingerprint density at radius 3 is 2.50 bits per heavy atom. The van der Waals surface area contributed by atoms with Crippen LogP contribution in [-0.4, -0.2) is 63.6 Å². The predicted octanol–water partition coefficient (Wildman–Crippen LogP) is 5.50. The molecule has 34 heavy (non-hydrogen) atoms. The Kier molecular flexibility index (Phi) is 7.14. The fourth-order valence-electron chi connectivity index (χ4n) is 5.87. The van der Waals surface area contributed by atoms with Crippen molar-refractivity contribution in [3.8, 4) is 0 Å². The maximum absolute atomic E-state index is 6.53. The lowest BCUT2D eigenvalue weighted by atomic mass is 9.94. The van der Waals surface area contributed by atoms with E-state index in [1.54, 1.807) is 0 Å². The topological polar surface area (TPSA) is 63.2 Å². The molecule has 0 aromatic carbocycles. The van der Waals surface area contributed by atoms with E-state index >= 15 is 0 Å². The van der Waals surface area contributed by atoms with Gasteiger partial charge in [0, 0.05) is 23.9 Å². The van der Waals surface area contributed by atoms with Gasteiger partial charge in [-0.25, -0.2) is 9.97 Å². The Balaban J connectivity index is 1.53. The zero-order chi connectivity index (χ0) is 23.8. The number of rotatable bonds is 7. The van der Waals surface area contributed by atoms with E-state index in [9.17, 15) is 0 Å².